The third-order valence-electron chi connectivity index (χ3n) is 4.67. The van der Waals surface area contributed by atoms with E-state index in [9.17, 15) is 4.79 Å². The average molecular weight is 355 g/mol. The second-order valence-corrected chi connectivity index (χ2v) is 6.19. The number of nitrogens with zero attached hydrogens (tertiary/aromatic N) is 1. The number of fused-ring (bicyclic) bond motifs is 3. The molecule has 0 aliphatic rings. The molecule has 2 aromatic carbocycles. The molecule has 0 aliphatic heterocycles. The summed E-state index contributed by atoms with van der Waals surface area (Å²) in [6, 6.07) is 11.1. The first-order chi connectivity index (χ1) is 12.7. The Hall–Kier alpha value is -2.53. The van der Waals surface area contributed by atoms with Crippen molar-refractivity contribution >= 4 is 21.7 Å². The maximum absolute atomic E-state index is 12.3. The van der Waals surface area contributed by atoms with E-state index in [1.54, 1.807) is 19.2 Å². The maximum atomic E-state index is 12.3. The van der Waals surface area contributed by atoms with Gasteiger partial charge in [-0.1, -0.05) is 13.8 Å². The van der Waals surface area contributed by atoms with Crippen LogP contribution in [0.25, 0.3) is 21.7 Å². The fourth-order valence-electron chi connectivity index (χ4n) is 3.13. The van der Waals surface area contributed by atoms with E-state index in [0.29, 0.717) is 29.1 Å². The summed E-state index contributed by atoms with van der Waals surface area (Å²) >= 11 is 0. The summed E-state index contributed by atoms with van der Waals surface area (Å²) < 4.78 is 16.5. The van der Waals surface area contributed by atoms with Crippen molar-refractivity contribution in [1.29, 1.82) is 0 Å². The largest absolute Gasteiger partial charge is 0.497 e. The van der Waals surface area contributed by atoms with Crippen LogP contribution in [0.3, 0.4) is 0 Å². The molecule has 0 aliphatic carbocycles. The van der Waals surface area contributed by atoms with Crippen molar-refractivity contribution in [1.82, 2.24) is 4.90 Å². The minimum atomic E-state index is -0.370. The molecule has 1 aromatic heterocycles. The van der Waals surface area contributed by atoms with Crippen molar-refractivity contribution in [2.24, 2.45) is 0 Å². The standard InChI is InChI=1S/C21H25NO4/c1-4-22(5-2)11-6-12-25-16-8-10-18-17-9-7-15(24-3)13-19(17)21(23)26-20(18)14-16/h7-10,13-14H,4-6,11-12H2,1-3H3. The van der Waals surface area contributed by atoms with Crippen molar-refractivity contribution in [3.8, 4) is 11.5 Å². The topological polar surface area (TPSA) is 51.9 Å². The fourth-order valence-corrected chi connectivity index (χ4v) is 3.13. The second-order valence-electron chi connectivity index (χ2n) is 6.19. The SMILES string of the molecule is CCN(CC)CCCOc1ccc2c(c1)oc(=O)c1cc(OC)ccc12. The Morgan fingerprint density at radius 3 is 2.42 bits per heavy atom. The van der Waals surface area contributed by atoms with Gasteiger partial charge < -0.3 is 18.8 Å². The lowest BCUT2D eigenvalue weighted by molar-refractivity contribution is 0.249. The molecule has 0 atom stereocenters. The highest BCUT2D eigenvalue weighted by atomic mass is 16.5. The molecule has 0 unspecified atom stereocenters. The Balaban J connectivity index is 1.81. The zero-order valence-electron chi connectivity index (χ0n) is 15.6. The Labute approximate surface area is 153 Å². The van der Waals surface area contributed by atoms with Crippen LogP contribution in [0, 0.1) is 0 Å². The molecular formula is C21H25NO4. The highest BCUT2D eigenvalue weighted by Crippen LogP contribution is 2.28. The van der Waals surface area contributed by atoms with E-state index in [1.165, 1.54) is 0 Å². The van der Waals surface area contributed by atoms with Gasteiger partial charge in [-0.3, -0.25) is 0 Å². The predicted molar refractivity (Wildman–Crippen MR) is 104 cm³/mol. The molecule has 3 aromatic rings. The lowest BCUT2D eigenvalue weighted by Gasteiger charge is -2.17. The van der Waals surface area contributed by atoms with Crippen molar-refractivity contribution in [3.05, 3.63) is 46.8 Å². The van der Waals surface area contributed by atoms with Gasteiger partial charge >= 0.3 is 5.63 Å². The van der Waals surface area contributed by atoms with Crippen LogP contribution in [0.15, 0.2) is 45.6 Å². The van der Waals surface area contributed by atoms with Gasteiger partial charge in [-0.05, 0) is 49.8 Å². The number of rotatable bonds is 8. The van der Waals surface area contributed by atoms with Crippen LogP contribution in [-0.4, -0.2) is 38.3 Å². The first kappa shape index (κ1) is 18.3. The summed E-state index contributed by atoms with van der Waals surface area (Å²) in [7, 11) is 1.58. The normalized spacial score (nSPS) is 11.4. The summed E-state index contributed by atoms with van der Waals surface area (Å²) in [5, 5.41) is 2.26. The van der Waals surface area contributed by atoms with Crippen molar-refractivity contribution in [2.75, 3.05) is 33.4 Å². The van der Waals surface area contributed by atoms with E-state index < -0.39 is 0 Å². The van der Waals surface area contributed by atoms with Crippen molar-refractivity contribution in [2.45, 2.75) is 20.3 Å². The van der Waals surface area contributed by atoms with Gasteiger partial charge in [0.1, 0.15) is 17.1 Å². The van der Waals surface area contributed by atoms with Crippen molar-refractivity contribution in [3.63, 3.8) is 0 Å². The quantitative estimate of drug-likeness (QED) is 0.346. The van der Waals surface area contributed by atoms with Gasteiger partial charge in [0, 0.05) is 23.4 Å². The maximum Gasteiger partial charge on any atom is 0.344 e. The highest BCUT2D eigenvalue weighted by Gasteiger charge is 2.10. The predicted octanol–water partition coefficient (Wildman–Crippen LogP) is 4.07. The molecule has 5 heteroatoms. The molecule has 0 spiro atoms. The Bertz CT molecular complexity index is 944. The third-order valence-corrected chi connectivity index (χ3v) is 4.67. The molecule has 0 N–H and O–H groups in total. The van der Waals surface area contributed by atoms with Crippen LogP contribution >= 0.6 is 0 Å². The first-order valence-corrected chi connectivity index (χ1v) is 9.06. The smallest absolute Gasteiger partial charge is 0.344 e. The van der Waals surface area contributed by atoms with E-state index in [-0.39, 0.29) is 5.63 Å². The van der Waals surface area contributed by atoms with E-state index >= 15 is 0 Å². The third kappa shape index (κ3) is 3.83. The summed E-state index contributed by atoms with van der Waals surface area (Å²) in [4.78, 5) is 14.7. The number of hydrogen-bond acceptors (Lipinski definition) is 5. The zero-order valence-corrected chi connectivity index (χ0v) is 15.6. The lowest BCUT2D eigenvalue weighted by atomic mass is 10.1. The molecule has 0 saturated carbocycles. The molecule has 0 amide bonds. The van der Waals surface area contributed by atoms with Crippen molar-refractivity contribution < 1.29 is 13.9 Å². The first-order valence-electron chi connectivity index (χ1n) is 9.06. The van der Waals surface area contributed by atoms with Crippen LogP contribution < -0.4 is 15.1 Å². The summed E-state index contributed by atoms with van der Waals surface area (Å²) in [5.41, 5.74) is 0.166. The minimum absolute atomic E-state index is 0.370. The van der Waals surface area contributed by atoms with Gasteiger partial charge in [0.25, 0.3) is 0 Å². The monoisotopic (exact) mass is 355 g/mol. The van der Waals surface area contributed by atoms with E-state index in [2.05, 4.69) is 18.7 Å². The van der Waals surface area contributed by atoms with Gasteiger partial charge in [-0.15, -0.1) is 0 Å². The molecule has 26 heavy (non-hydrogen) atoms. The van der Waals surface area contributed by atoms with Crippen LogP contribution in [0.4, 0.5) is 0 Å². The molecule has 138 valence electrons. The van der Waals surface area contributed by atoms with Crippen LogP contribution in [0.2, 0.25) is 0 Å². The van der Waals surface area contributed by atoms with Crippen LogP contribution in [0.5, 0.6) is 11.5 Å². The highest BCUT2D eigenvalue weighted by molar-refractivity contribution is 6.04. The molecular weight excluding hydrogens is 330 g/mol. The number of hydrogen-bond donors (Lipinski definition) is 0. The Morgan fingerprint density at radius 2 is 1.69 bits per heavy atom. The number of benzene rings is 2. The average Bonchev–Trinajstić information content (AvgIpc) is 2.67. The number of ether oxygens (including phenoxy) is 2. The summed E-state index contributed by atoms with van der Waals surface area (Å²) in [6.07, 6.45) is 0.960. The Kier molecular flexibility index (Phi) is 5.78. The van der Waals surface area contributed by atoms with Crippen LogP contribution in [0.1, 0.15) is 20.3 Å². The molecule has 1 heterocycles. The molecule has 0 radical (unpaired) electrons. The molecule has 5 nitrogen and oxygen atoms in total. The van der Waals surface area contributed by atoms with E-state index in [4.69, 9.17) is 13.9 Å². The number of methoxy groups -OCH3 is 1. The zero-order chi connectivity index (χ0) is 18.5. The molecule has 0 fully saturated rings. The molecule has 0 bridgehead atoms. The summed E-state index contributed by atoms with van der Waals surface area (Å²) in [5.74, 6) is 1.35. The van der Waals surface area contributed by atoms with Gasteiger partial charge in [0.05, 0.1) is 19.1 Å². The lowest BCUT2D eigenvalue weighted by Crippen LogP contribution is -2.25. The van der Waals surface area contributed by atoms with E-state index in [1.807, 2.05) is 24.3 Å². The second kappa shape index (κ2) is 8.23. The fraction of sp³-hybridized carbons (Fsp3) is 0.381. The molecule has 0 saturated heterocycles. The van der Waals surface area contributed by atoms with Gasteiger partial charge in [-0.2, -0.15) is 0 Å². The van der Waals surface area contributed by atoms with Gasteiger partial charge in [0.2, 0.25) is 0 Å². The van der Waals surface area contributed by atoms with Gasteiger partial charge in [-0.25, -0.2) is 4.79 Å². The van der Waals surface area contributed by atoms with E-state index in [0.717, 1.165) is 36.8 Å². The minimum Gasteiger partial charge on any atom is -0.497 e. The molecule has 3 rings (SSSR count). The summed E-state index contributed by atoms with van der Waals surface area (Å²) in [6.45, 7) is 8.08. The van der Waals surface area contributed by atoms with Gasteiger partial charge in [0.15, 0.2) is 0 Å². The Morgan fingerprint density at radius 1 is 0.962 bits per heavy atom. The van der Waals surface area contributed by atoms with Crippen LogP contribution in [-0.2, 0) is 0 Å².